The monoisotopic (exact) mass is 598 g/mol. The number of carbonyl (C=O) groups excluding carboxylic acids is 1. The number of nitrogens with zero attached hydrogens (tertiary/aromatic N) is 6. The number of carbonyl (C=O) groups is 1. The lowest BCUT2D eigenvalue weighted by molar-refractivity contribution is 0.102. The van der Waals surface area contributed by atoms with E-state index in [1.54, 1.807) is 41.3 Å². The van der Waals surface area contributed by atoms with Gasteiger partial charge >= 0.3 is 0 Å². The fourth-order valence-corrected chi connectivity index (χ4v) is 5.08. The lowest BCUT2D eigenvalue weighted by Crippen LogP contribution is -2.14. The molecule has 7 aromatic rings. The molecule has 0 radical (unpaired) electrons. The first-order valence-electron chi connectivity index (χ1n) is 14.0. The Morgan fingerprint density at radius 2 is 1.62 bits per heavy atom. The molecule has 7 rings (SSSR count). The number of aromatic nitrogens is 6. The van der Waals surface area contributed by atoms with Crippen molar-refractivity contribution >= 4 is 28.9 Å². The van der Waals surface area contributed by atoms with Crippen LogP contribution in [-0.2, 0) is 7.05 Å². The van der Waals surface area contributed by atoms with Crippen LogP contribution in [0.1, 0.15) is 10.4 Å². The number of imidazole rings is 1. The fraction of sp³-hybridized carbons (Fsp3) is 0.0294. The molecule has 11 heteroatoms. The van der Waals surface area contributed by atoms with Crippen LogP contribution in [0.2, 0.25) is 0 Å². The molecule has 0 aliphatic heterocycles. The number of hydrogen-bond acceptors (Lipinski definition) is 6. The molecule has 2 N–H and O–H groups in total. The van der Waals surface area contributed by atoms with E-state index in [1.165, 1.54) is 6.07 Å². The number of benzene rings is 3. The number of halogens is 2. The van der Waals surface area contributed by atoms with E-state index < -0.39 is 23.2 Å². The maximum absolute atomic E-state index is 14.2. The molecular weight excluding hydrogens is 574 g/mol. The smallest absolute Gasteiger partial charge is 0.255 e. The number of nitrogens with one attached hydrogen (secondary N) is 2. The molecule has 0 aliphatic carbocycles. The summed E-state index contributed by atoms with van der Waals surface area (Å²) in [5.41, 5.74) is 5.61. The summed E-state index contributed by atoms with van der Waals surface area (Å²) >= 11 is 0. The van der Waals surface area contributed by atoms with Crippen molar-refractivity contribution in [3.05, 3.63) is 133 Å². The van der Waals surface area contributed by atoms with Crippen molar-refractivity contribution in [1.29, 1.82) is 0 Å². The molecule has 0 bridgehead atoms. The van der Waals surface area contributed by atoms with Crippen molar-refractivity contribution in [3.63, 3.8) is 0 Å². The van der Waals surface area contributed by atoms with Gasteiger partial charge in [-0.05, 0) is 60.2 Å². The molecule has 0 aliphatic rings. The summed E-state index contributed by atoms with van der Waals surface area (Å²) in [5.74, 6) is -2.00. The molecule has 0 spiro atoms. The van der Waals surface area contributed by atoms with Crippen molar-refractivity contribution in [2.24, 2.45) is 7.05 Å². The summed E-state index contributed by atoms with van der Waals surface area (Å²) in [6, 6.07) is 25.4. The Morgan fingerprint density at radius 3 is 2.44 bits per heavy atom. The first-order chi connectivity index (χ1) is 21.9. The van der Waals surface area contributed by atoms with Gasteiger partial charge in [0.05, 0.1) is 23.3 Å². The van der Waals surface area contributed by atoms with Gasteiger partial charge in [0, 0.05) is 48.0 Å². The second-order valence-electron chi connectivity index (χ2n) is 10.2. The summed E-state index contributed by atoms with van der Waals surface area (Å²) in [6.07, 6.45) is 7.29. The third kappa shape index (κ3) is 5.50. The van der Waals surface area contributed by atoms with Crippen molar-refractivity contribution in [3.8, 4) is 33.8 Å². The van der Waals surface area contributed by atoms with Gasteiger partial charge in [-0.3, -0.25) is 13.9 Å². The SMILES string of the molecule is Cn1cc(-c2cccc(Nc3nccc(-c4c(-c5cccc(C(=O)Nc6c(F)cccc6F)c5)nc5ccccn45)n3)c2)cn1. The lowest BCUT2D eigenvalue weighted by Gasteiger charge is -2.10. The van der Waals surface area contributed by atoms with Crippen LogP contribution in [0.5, 0.6) is 0 Å². The Morgan fingerprint density at radius 1 is 0.822 bits per heavy atom. The number of anilines is 3. The maximum Gasteiger partial charge on any atom is 0.255 e. The van der Waals surface area contributed by atoms with Crippen LogP contribution in [-0.4, -0.2) is 35.0 Å². The lowest BCUT2D eigenvalue weighted by atomic mass is 10.0. The Balaban J connectivity index is 1.24. The molecule has 0 fully saturated rings. The summed E-state index contributed by atoms with van der Waals surface area (Å²) in [7, 11) is 1.87. The minimum absolute atomic E-state index is 0.205. The fourth-order valence-electron chi connectivity index (χ4n) is 5.08. The minimum atomic E-state index is -0.862. The zero-order valence-electron chi connectivity index (χ0n) is 23.8. The van der Waals surface area contributed by atoms with Gasteiger partial charge in [-0.1, -0.05) is 36.4 Å². The van der Waals surface area contributed by atoms with Crippen LogP contribution in [0.15, 0.2) is 116 Å². The van der Waals surface area contributed by atoms with Gasteiger partial charge in [-0.15, -0.1) is 0 Å². The first-order valence-corrected chi connectivity index (χ1v) is 14.0. The van der Waals surface area contributed by atoms with Crippen LogP contribution in [0.4, 0.5) is 26.1 Å². The van der Waals surface area contributed by atoms with Crippen LogP contribution in [0.25, 0.3) is 39.4 Å². The quantitative estimate of drug-likeness (QED) is 0.202. The van der Waals surface area contributed by atoms with Crippen LogP contribution < -0.4 is 10.6 Å². The molecule has 0 saturated heterocycles. The average molecular weight is 599 g/mol. The number of fused-ring (bicyclic) bond motifs is 1. The molecule has 0 atom stereocenters. The molecule has 9 nitrogen and oxygen atoms in total. The maximum atomic E-state index is 14.2. The molecule has 4 aromatic heterocycles. The zero-order chi connectivity index (χ0) is 30.9. The molecule has 0 unspecified atom stereocenters. The minimum Gasteiger partial charge on any atom is -0.324 e. The predicted molar refractivity (Wildman–Crippen MR) is 168 cm³/mol. The molecule has 220 valence electrons. The van der Waals surface area contributed by atoms with Crippen molar-refractivity contribution in [1.82, 2.24) is 29.1 Å². The molecule has 45 heavy (non-hydrogen) atoms. The highest BCUT2D eigenvalue weighted by molar-refractivity contribution is 6.05. The largest absolute Gasteiger partial charge is 0.324 e. The van der Waals surface area contributed by atoms with E-state index in [0.29, 0.717) is 34.2 Å². The van der Waals surface area contributed by atoms with E-state index in [0.717, 1.165) is 28.9 Å². The van der Waals surface area contributed by atoms with Gasteiger partial charge < -0.3 is 10.6 Å². The molecule has 0 saturated carbocycles. The van der Waals surface area contributed by atoms with Crippen LogP contribution in [0.3, 0.4) is 0 Å². The zero-order valence-corrected chi connectivity index (χ0v) is 23.8. The number of para-hydroxylation sites is 1. The number of amides is 1. The van der Waals surface area contributed by atoms with Gasteiger partial charge in [-0.25, -0.2) is 23.7 Å². The standard InChI is InChI=1S/C34H24F2N8O/c1-43-20-24(19-38-43)21-7-5-10-25(18-21)39-34-37-15-14-28(40-34)32-30(41-29-13-2-3-16-44(29)32)22-8-4-9-23(17-22)33(45)42-31-26(35)11-6-12-27(31)36/h2-20H,1H3,(H,42,45)(H,37,39,40). The highest BCUT2D eigenvalue weighted by Gasteiger charge is 2.20. The topological polar surface area (TPSA) is 102 Å². The summed E-state index contributed by atoms with van der Waals surface area (Å²) in [4.78, 5) is 27.2. The van der Waals surface area contributed by atoms with Gasteiger partial charge in [0.1, 0.15) is 23.0 Å². The normalized spacial score (nSPS) is 11.1. The Kier molecular flexibility index (Phi) is 7.02. The van der Waals surface area contributed by atoms with E-state index in [9.17, 15) is 13.6 Å². The second kappa shape index (κ2) is 11.5. The van der Waals surface area contributed by atoms with Gasteiger partial charge in [0.25, 0.3) is 5.91 Å². The first kappa shape index (κ1) is 27.6. The Bertz CT molecular complexity index is 2190. The van der Waals surface area contributed by atoms with Gasteiger partial charge in [0.15, 0.2) is 0 Å². The van der Waals surface area contributed by atoms with Gasteiger partial charge in [-0.2, -0.15) is 5.10 Å². The average Bonchev–Trinajstić information content (AvgIpc) is 3.67. The number of pyridine rings is 1. The third-order valence-corrected chi connectivity index (χ3v) is 7.18. The molecular formula is C34H24F2N8O. The summed E-state index contributed by atoms with van der Waals surface area (Å²) in [6.45, 7) is 0. The highest BCUT2D eigenvalue weighted by Crippen LogP contribution is 2.33. The molecule has 4 heterocycles. The second-order valence-corrected chi connectivity index (χ2v) is 10.2. The Hall–Kier alpha value is -6.23. The number of aryl methyl sites for hydroxylation is 1. The molecule has 3 aromatic carbocycles. The summed E-state index contributed by atoms with van der Waals surface area (Å²) in [5, 5.41) is 9.89. The van der Waals surface area contributed by atoms with Crippen molar-refractivity contribution in [2.75, 3.05) is 10.6 Å². The Labute approximate surface area is 255 Å². The van der Waals surface area contributed by atoms with Crippen molar-refractivity contribution in [2.45, 2.75) is 0 Å². The molecule has 1 amide bonds. The van der Waals surface area contributed by atoms with E-state index in [1.807, 2.05) is 72.4 Å². The number of hydrogen-bond donors (Lipinski definition) is 2. The third-order valence-electron chi connectivity index (χ3n) is 7.18. The van der Waals surface area contributed by atoms with Crippen molar-refractivity contribution < 1.29 is 13.6 Å². The van der Waals surface area contributed by atoms with E-state index in [2.05, 4.69) is 20.7 Å². The predicted octanol–water partition coefficient (Wildman–Crippen LogP) is 7.13. The van der Waals surface area contributed by atoms with E-state index in [4.69, 9.17) is 9.97 Å². The van der Waals surface area contributed by atoms with E-state index >= 15 is 0 Å². The van der Waals surface area contributed by atoms with E-state index in [-0.39, 0.29) is 5.56 Å². The van der Waals surface area contributed by atoms with Crippen LogP contribution >= 0.6 is 0 Å². The van der Waals surface area contributed by atoms with Gasteiger partial charge in [0.2, 0.25) is 5.95 Å². The highest BCUT2D eigenvalue weighted by atomic mass is 19.1. The number of rotatable bonds is 7. The van der Waals surface area contributed by atoms with Crippen LogP contribution in [0, 0.1) is 11.6 Å². The summed E-state index contributed by atoms with van der Waals surface area (Å²) < 4.78 is 32.1.